The van der Waals surface area contributed by atoms with E-state index in [1.165, 1.54) is 0 Å². The maximum Gasteiger partial charge on any atom is 0.353 e. The van der Waals surface area contributed by atoms with Gasteiger partial charge in [-0.05, 0) is 18.4 Å². The van der Waals surface area contributed by atoms with Gasteiger partial charge in [-0.2, -0.15) is 8.78 Å². The number of benzene rings is 1. The Labute approximate surface area is 76.0 Å². The van der Waals surface area contributed by atoms with Crippen molar-refractivity contribution < 1.29 is 13.9 Å². The Bertz CT molecular complexity index is 241. The summed E-state index contributed by atoms with van der Waals surface area (Å²) in [5, 5.41) is 8.16. The van der Waals surface area contributed by atoms with E-state index in [9.17, 15) is 8.78 Å². The second-order valence-corrected chi connectivity index (χ2v) is 3.00. The number of alkyl halides is 2. The molecule has 1 nitrogen and oxygen atoms in total. The van der Waals surface area contributed by atoms with Gasteiger partial charge in [0.15, 0.2) is 0 Å². The van der Waals surface area contributed by atoms with Crippen molar-refractivity contribution in [2.24, 2.45) is 0 Å². The molecule has 0 radical (unpaired) electrons. The maximum absolute atomic E-state index is 12.0. The summed E-state index contributed by atoms with van der Waals surface area (Å²) >= 11 is 0. The molecule has 0 aliphatic rings. The van der Waals surface area contributed by atoms with Crippen LogP contribution in [0.25, 0.3) is 0 Å². The van der Waals surface area contributed by atoms with Gasteiger partial charge in [0.05, 0.1) is 0 Å². The lowest BCUT2D eigenvalue weighted by atomic mass is 10.1. The Balaban J connectivity index is 2.29. The quantitative estimate of drug-likeness (QED) is 0.766. The predicted octanol–water partition coefficient (Wildman–Crippen LogP) is 2.59. The van der Waals surface area contributed by atoms with Crippen LogP contribution in [-0.4, -0.2) is 11.2 Å². The van der Waals surface area contributed by atoms with E-state index >= 15 is 0 Å². The van der Waals surface area contributed by atoms with Gasteiger partial charge in [-0.3, -0.25) is 0 Å². The summed E-state index contributed by atoms with van der Waals surface area (Å²) in [4.78, 5) is 0. The molecule has 72 valence electrons. The highest BCUT2D eigenvalue weighted by Crippen LogP contribution is 2.17. The van der Waals surface area contributed by atoms with E-state index < -0.39 is 12.5 Å². The second kappa shape index (κ2) is 4.33. The Kier molecular flexibility index (Phi) is 3.37. The lowest BCUT2D eigenvalue weighted by molar-refractivity contribution is -0.203. The zero-order valence-corrected chi connectivity index (χ0v) is 7.21. The first kappa shape index (κ1) is 10.1. The first-order chi connectivity index (χ1) is 6.08. The van der Waals surface area contributed by atoms with Crippen molar-refractivity contribution in [3.05, 3.63) is 35.9 Å². The molecule has 1 rings (SSSR count). The summed E-state index contributed by atoms with van der Waals surface area (Å²) in [6.45, 7) is 0. The number of rotatable bonds is 4. The van der Waals surface area contributed by atoms with Crippen LogP contribution in [0.1, 0.15) is 18.4 Å². The van der Waals surface area contributed by atoms with Gasteiger partial charge in [0.1, 0.15) is 0 Å². The third-order valence-corrected chi connectivity index (χ3v) is 1.79. The highest BCUT2D eigenvalue weighted by molar-refractivity contribution is 5.14. The molecule has 0 fully saturated rings. The van der Waals surface area contributed by atoms with E-state index in [4.69, 9.17) is 5.11 Å². The molecule has 0 bridgehead atoms. The van der Waals surface area contributed by atoms with Crippen LogP contribution in [0.15, 0.2) is 30.3 Å². The molecule has 1 aromatic rings. The fourth-order valence-corrected chi connectivity index (χ4v) is 1.15. The smallest absolute Gasteiger partial charge is 0.336 e. The minimum absolute atomic E-state index is 0.299. The molecule has 0 aliphatic heterocycles. The number of aryl methyl sites for hydroxylation is 1. The topological polar surface area (TPSA) is 20.2 Å². The zero-order valence-electron chi connectivity index (χ0n) is 7.21. The van der Waals surface area contributed by atoms with Crippen LogP contribution in [-0.2, 0) is 6.42 Å². The number of halogens is 2. The number of aliphatic hydroxyl groups is 1. The largest absolute Gasteiger partial charge is 0.353 e. The summed E-state index contributed by atoms with van der Waals surface area (Å²) in [7, 11) is 0. The highest BCUT2D eigenvalue weighted by Gasteiger charge is 2.22. The van der Waals surface area contributed by atoms with Crippen molar-refractivity contribution in [2.75, 3.05) is 0 Å². The molecule has 0 unspecified atom stereocenters. The molecule has 3 heteroatoms. The van der Waals surface area contributed by atoms with Crippen LogP contribution >= 0.6 is 0 Å². The zero-order chi connectivity index (χ0) is 9.73. The number of hydrogen-bond donors (Lipinski definition) is 1. The Morgan fingerprint density at radius 2 is 1.77 bits per heavy atom. The van der Waals surface area contributed by atoms with Gasteiger partial charge < -0.3 is 5.11 Å². The normalized spacial score (nSPS) is 11.6. The average Bonchev–Trinajstić information content (AvgIpc) is 2.04. The van der Waals surface area contributed by atoms with Crippen molar-refractivity contribution in [1.29, 1.82) is 0 Å². The molecule has 0 aromatic heterocycles. The summed E-state index contributed by atoms with van der Waals surface area (Å²) in [5.41, 5.74) is 1.02. The molecule has 0 saturated carbocycles. The van der Waals surface area contributed by atoms with Crippen LogP contribution in [0.5, 0.6) is 0 Å². The summed E-state index contributed by atoms with van der Waals surface area (Å²) in [6.07, 6.45) is -3.11. The van der Waals surface area contributed by atoms with Gasteiger partial charge in [-0.15, -0.1) is 0 Å². The number of hydrogen-bond acceptors (Lipinski definition) is 1. The Morgan fingerprint density at radius 1 is 1.15 bits per heavy atom. The molecule has 0 amide bonds. The Hall–Kier alpha value is -0.960. The fourth-order valence-electron chi connectivity index (χ4n) is 1.15. The van der Waals surface area contributed by atoms with Crippen molar-refractivity contribution >= 4 is 0 Å². The van der Waals surface area contributed by atoms with Crippen molar-refractivity contribution in [1.82, 2.24) is 0 Å². The maximum atomic E-state index is 12.0. The molecule has 0 heterocycles. The molecule has 0 spiro atoms. The van der Waals surface area contributed by atoms with Crippen molar-refractivity contribution in [2.45, 2.75) is 25.4 Å². The van der Waals surface area contributed by atoms with Gasteiger partial charge in [0.25, 0.3) is 0 Å². The van der Waals surface area contributed by atoms with E-state index in [1.807, 2.05) is 30.3 Å². The first-order valence-electron chi connectivity index (χ1n) is 4.22. The molecule has 0 saturated heterocycles. The van der Waals surface area contributed by atoms with E-state index in [-0.39, 0.29) is 0 Å². The monoisotopic (exact) mass is 186 g/mol. The average molecular weight is 186 g/mol. The lowest BCUT2D eigenvalue weighted by Crippen LogP contribution is -2.13. The molecular formula is C10H12F2O. The fraction of sp³-hybridized carbons (Fsp3) is 0.400. The summed E-state index contributed by atoms with van der Waals surface area (Å²) in [5.74, 6) is 0. The van der Waals surface area contributed by atoms with Crippen LogP contribution < -0.4 is 0 Å². The van der Waals surface area contributed by atoms with Crippen molar-refractivity contribution in [3.8, 4) is 0 Å². The predicted molar refractivity (Wildman–Crippen MR) is 46.5 cm³/mol. The van der Waals surface area contributed by atoms with E-state index in [2.05, 4.69) is 0 Å². The molecule has 0 atom stereocenters. The molecular weight excluding hydrogens is 174 g/mol. The lowest BCUT2D eigenvalue weighted by Gasteiger charge is -2.07. The highest BCUT2D eigenvalue weighted by atomic mass is 19.3. The van der Waals surface area contributed by atoms with Crippen LogP contribution in [0, 0.1) is 0 Å². The minimum atomic E-state index is -3.52. The summed E-state index contributed by atoms with van der Waals surface area (Å²) < 4.78 is 24.0. The second-order valence-electron chi connectivity index (χ2n) is 3.00. The SMILES string of the molecule is OC(F)(F)CCCc1ccccc1. The Morgan fingerprint density at radius 3 is 2.31 bits per heavy atom. The van der Waals surface area contributed by atoms with E-state index in [0.717, 1.165) is 5.56 Å². The molecule has 1 N–H and O–H groups in total. The van der Waals surface area contributed by atoms with Crippen LogP contribution in [0.4, 0.5) is 8.78 Å². The van der Waals surface area contributed by atoms with Gasteiger partial charge in [-0.1, -0.05) is 30.3 Å². The van der Waals surface area contributed by atoms with Crippen LogP contribution in [0.2, 0.25) is 0 Å². The third-order valence-electron chi connectivity index (χ3n) is 1.79. The van der Waals surface area contributed by atoms with Gasteiger partial charge in [-0.25, -0.2) is 0 Å². The van der Waals surface area contributed by atoms with Gasteiger partial charge in [0, 0.05) is 6.42 Å². The third kappa shape index (κ3) is 4.58. The first-order valence-corrected chi connectivity index (χ1v) is 4.22. The van der Waals surface area contributed by atoms with Gasteiger partial charge >= 0.3 is 6.11 Å². The van der Waals surface area contributed by atoms with Crippen molar-refractivity contribution in [3.63, 3.8) is 0 Å². The molecule has 13 heavy (non-hydrogen) atoms. The molecule has 1 aromatic carbocycles. The minimum Gasteiger partial charge on any atom is -0.336 e. The summed E-state index contributed by atoms with van der Waals surface area (Å²) in [6, 6.07) is 9.38. The van der Waals surface area contributed by atoms with Crippen LogP contribution in [0.3, 0.4) is 0 Å². The standard InChI is InChI=1S/C10H12F2O/c11-10(12,13)8-4-7-9-5-2-1-3-6-9/h1-3,5-6,13H,4,7-8H2. The van der Waals surface area contributed by atoms with E-state index in [0.29, 0.717) is 12.8 Å². The van der Waals surface area contributed by atoms with Gasteiger partial charge in [0.2, 0.25) is 0 Å². The van der Waals surface area contributed by atoms with E-state index in [1.54, 1.807) is 0 Å². The molecule has 0 aliphatic carbocycles.